The first-order chi connectivity index (χ1) is 9.15. The van der Waals surface area contributed by atoms with Gasteiger partial charge in [0.05, 0.1) is 0 Å². The molecule has 0 bridgehead atoms. The summed E-state index contributed by atoms with van der Waals surface area (Å²) in [6.07, 6.45) is 4.05. The Morgan fingerprint density at radius 2 is 2.16 bits per heavy atom. The molecule has 3 heteroatoms. The highest BCUT2D eigenvalue weighted by Crippen LogP contribution is 2.31. The van der Waals surface area contributed by atoms with Crippen molar-refractivity contribution in [2.45, 2.75) is 39.2 Å². The lowest BCUT2D eigenvalue weighted by atomic mass is 9.84. The molecule has 1 fully saturated rings. The van der Waals surface area contributed by atoms with Crippen LogP contribution in [0.25, 0.3) is 0 Å². The molecule has 1 aliphatic carbocycles. The number of likely N-dealkylation sites (N-methyl/N-ethyl adjacent to an activating group) is 1. The quantitative estimate of drug-likeness (QED) is 0.854. The van der Waals surface area contributed by atoms with E-state index in [2.05, 4.69) is 11.8 Å². The van der Waals surface area contributed by atoms with E-state index in [9.17, 15) is 4.39 Å². The number of benzene rings is 1. The normalized spacial score (nSPS) is 17.5. The first kappa shape index (κ1) is 14.5. The lowest BCUT2D eigenvalue weighted by molar-refractivity contribution is 0.141. The van der Waals surface area contributed by atoms with Gasteiger partial charge in [0, 0.05) is 19.1 Å². The highest BCUT2D eigenvalue weighted by Gasteiger charge is 2.25. The van der Waals surface area contributed by atoms with E-state index in [0.717, 1.165) is 24.6 Å². The Kier molecular flexibility index (Phi) is 4.94. The van der Waals surface area contributed by atoms with Gasteiger partial charge in [0.1, 0.15) is 5.82 Å². The molecule has 1 aromatic rings. The molecular weight excluding hydrogens is 239 g/mol. The van der Waals surface area contributed by atoms with Crippen molar-refractivity contribution < 1.29 is 4.39 Å². The predicted molar refractivity (Wildman–Crippen MR) is 77.5 cm³/mol. The summed E-state index contributed by atoms with van der Waals surface area (Å²) in [6.45, 7) is 6.86. The van der Waals surface area contributed by atoms with Gasteiger partial charge in [0.15, 0.2) is 0 Å². The largest absolute Gasteiger partial charge is 0.329 e. The number of hydrogen-bond donors (Lipinski definition) is 1. The summed E-state index contributed by atoms with van der Waals surface area (Å²) in [6, 6.07) is 5.26. The monoisotopic (exact) mass is 264 g/mol. The Hall–Kier alpha value is -0.930. The van der Waals surface area contributed by atoms with Crippen LogP contribution in [0.4, 0.5) is 4.39 Å². The molecule has 0 saturated heterocycles. The second kappa shape index (κ2) is 6.49. The van der Waals surface area contributed by atoms with E-state index in [1.807, 2.05) is 13.0 Å². The van der Waals surface area contributed by atoms with Crippen LogP contribution in [0.1, 0.15) is 43.4 Å². The number of nitrogens with two attached hydrogens (primary N) is 1. The van der Waals surface area contributed by atoms with Crippen molar-refractivity contribution in [2.24, 2.45) is 11.7 Å². The van der Waals surface area contributed by atoms with Gasteiger partial charge in [-0.25, -0.2) is 4.39 Å². The zero-order chi connectivity index (χ0) is 13.8. The topological polar surface area (TPSA) is 29.3 Å². The summed E-state index contributed by atoms with van der Waals surface area (Å²) in [7, 11) is 0. The lowest BCUT2D eigenvalue weighted by Gasteiger charge is -2.37. The van der Waals surface area contributed by atoms with Crippen LogP contribution in [0.15, 0.2) is 18.2 Å². The molecule has 19 heavy (non-hydrogen) atoms. The van der Waals surface area contributed by atoms with Crippen molar-refractivity contribution >= 4 is 0 Å². The van der Waals surface area contributed by atoms with Crippen LogP contribution in [0.3, 0.4) is 0 Å². The minimum Gasteiger partial charge on any atom is -0.329 e. The minimum atomic E-state index is -0.168. The summed E-state index contributed by atoms with van der Waals surface area (Å²) in [5.74, 6) is 0.661. The molecular formula is C16H25FN2. The van der Waals surface area contributed by atoms with E-state index in [4.69, 9.17) is 5.73 Å². The molecule has 2 rings (SSSR count). The molecule has 1 unspecified atom stereocenters. The number of nitrogens with zero attached hydrogens (tertiary/aromatic N) is 1. The van der Waals surface area contributed by atoms with Gasteiger partial charge in [0.25, 0.3) is 0 Å². The SMILES string of the molecule is CCN(CC1CCC1)C(CN)c1ccc(F)cc1C. The van der Waals surface area contributed by atoms with Crippen molar-refractivity contribution in [1.82, 2.24) is 4.90 Å². The fourth-order valence-corrected chi connectivity index (χ4v) is 2.97. The molecule has 1 saturated carbocycles. The molecule has 0 heterocycles. The summed E-state index contributed by atoms with van der Waals surface area (Å²) in [5.41, 5.74) is 8.16. The Balaban J connectivity index is 2.15. The van der Waals surface area contributed by atoms with Crippen molar-refractivity contribution in [1.29, 1.82) is 0 Å². The molecule has 1 aliphatic rings. The highest BCUT2D eigenvalue weighted by molar-refractivity contribution is 5.30. The van der Waals surface area contributed by atoms with Gasteiger partial charge >= 0.3 is 0 Å². The zero-order valence-corrected chi connectivity index (χ0v) is 12.0. The molecule has 0 aromatic heterocycles. The number of aryl methyl sites for hydroxylation is 1. The first-order valence-corrected chi connectivity index (χ1v) is 7.35. The fourth-order valence-electron chi connectivity index (χ4n) is 2.97. The highest BCUT2D eigenvalue weighted by atomic mass is 19.1. The van der Waals surface area contributed by atoms with Crippen LogP contribution in [0.2, 0.25) is 0 Å². The fraction of sp³-hybridized carbons (Fsp3) is 0.625. The molecule has 1 aromatic carbocycles. The van der Waals surface area contributed by atoms with E-state index in [1.54, 1.807) is 12.1 Å². The maximum atomic E-state index is 13.2. The van der Waals surface area contributed by atoms with Crippen LogP contribution >= 0.6 is 0 Å². The number of halogens is 1. The molecule has 1 atom stereocenters. The molecule has 0 aliphatic heterocycles. The summed E-state index contributed by atoms with van der Waals surface area (Å²) in [5, 5.41) is 0. The lowest BCUT2D eigenvalue weighted by Crippen LogP contribution is -2.39. The smallest absolute Gasteiger partial charge is 0.123 e. The van der Waals surface area contributed by atoms with E-state index >= 15 is 0 Å². The first-order valence-electron chi connectivity index (χ1n) is 7.35. The predicted octanol–water partition coefficient (Wildman–Crippen LogP) is 3.26. The average molecular weight is 264 g/mol. The Morgan fingerprint density at radius 1 is 1.42 bits per heavy atom. The molecule has 106 valence electrons. The van der Waals surface area contributed by atoms with Crippen molar-refractivity contribution in [3.63, 3.8) is 0 Å². The van der Waals surface area contributed by atoms with Crippen LogP contribution < -0.4 is 5.73 Å². The number of hydrogen-bond acceptors (Lipinski definition) is 2. The minimum absolute atomic E-state index is 0.168. The Bertz CT molecular complexity index is 415. The van der Waals surface area contributed by atoms with Crippen molar-refractivity contribution in [2.75, 3.05) is 19.6 Å². The van der Waals surface area contributed by atoms with E-state index in [-0.39, 0.29) is 11.9 Å². The van der Waals surface area contributed by atoms with Gasteiger partial charge < -0.3 is 5.73 Å². The second-order valence-corrected chi connectivity index (χ2v) is 5.64. The maximum Gasteiger partial charge on any atom is 0.123 e. The average Bonchev–Trinajstić information content (AvgIpc) is 2.33. The molecule has 2 N–H and O–H groups in total. The molecule has 0 spiro atoms. The third-order valence-electron chi connectivity index (χ3n) is 4.38. The Morgan fingerprint density at radius 3 is 2.63 bits per heavy atom. The maximum absolute atomic E-state index is 13.2. The molecule has 2 nitrogen and oxygen atoms in total. The van der Waals surface area contributed by atoms with Crippen LogP contribution in [-0.4, -0.2) is 24.5 Å². The van der Waals surface area contributed by atoms with Gasteiger partial charge in [-0.05, 0) is 55.5 Å². The van der Waals surface area contributed by atoms with Crippen LogP contribution in [0.5, 0.6) is 0 Å². The zero-order valence-electron chi connectivity index (χ0n) is 12.0. The van der Waals surface area contributed by atoms with Crippen molar-refractivity contribution in [3.05, 3.63) is 35.1 Å². The van der Waals surface area contributed by atoms with E-state index in [1.165, 1.54) is 24.8 Å². The summed E-state index contributed by atoms with van der Waals surface area (Å²) in [4.78, 5) is 2.45. The van der Waals surface area contributed by atoms with E-state index in [0.29, 0.717) is 6.54 Å². The standard InChI is InChI=1S/C16H25FN2/c1-3-19(11-13-5-4-6-13)16(10-18)15-8-7-14(17)9-12(15)2/h7-9,13,16H,3-6,10-11,18H2,1-2H3. The van der Waals surface area contributed by atoms with Crippen LogP contribution in [0, 0.1) is 18.7 Å². The van der Waals surface area contributed by atoms with Gasteiger partial charge in [-0.15, -0.1) is 0 Å². The molecule has 0 radical (unpaired) electrons. The third-order valence-corrected chi connectivity index (χ3v) is 4.38. The van der Waals surface area contributed by atoms with Crippen molar-refractivity contribution in [3.8, 4) is 0 Å². The van der Waals surface area contributed by atoms with Crippen LogP contribution in [-0.2, 0) is 0 Å². The molecule has 0 amide bonds. The summed E-state index contributed by atoms with van der Waals surface area (Å²) >= 11 is 0. The van der Waals surface area contributed by atoms with Gasteiger partial charge in [-0.3, -0.25) is 4.90 Å². The second-order valence-electron chi connectivity index (χ2n) is 5.64. The number of rotatable bonds is 6. The summed E-state index contributed by atoms with van der Waals surface area (Å²) < 4.78 is 13.2. The Labute approximate surface area is 115 Å². The van der Waals surface area contributed by atoms with E-state index < -0.39 is 0 Å². The van der Waals surface area contributed by atoms with Gasteiger partial charge in [0.2, 0.25) is 0 Å². The van der Waals surface area contributed by atoms with Gasteiger partial charge in [-0.2, -0.15) is 0 Å². The van der Waals surface area contributed by atoms with Gasteiger partial charge in [-0.1, -0.05) is 19.4 Å². The third kappa shape index (κ3) is 3.34.